The lowest BCUT2D eigenvalue weighted by Crippen LogP contribution is -2.50. The molecule has 0 spiro atoms. The van der Waals surface area contributed by atoms with Crippen LogP contribution in [0.25, 0.3) is 0 Å². The third kappa shape index (κ3) is 3.95. The Labute approximate surface area is 148 Å². The summed E-state index contributed by atoms with van der Waals surface area (Å²) < 4.78 is 6.59. The van der Waals surface area contributed by atoms with Crippen molar-refractivity contribution in [1.82, 2.24) is 0 Å². The number of alkyl halides is 1. The van der Waals surface area contributed by atoms with Gasteiger partial charge in [0, 0.05) is 5.02 Å². The average Bonchev–Trinajstić information content (AvgIpc) is 2.42. The van der Waals surface area contributed by atoms with Crippen LogP contribution < -0.4 is 4.43 Å². The summed E-state index contributed by atoms with van der Waals surface area (Å²) in [6, 6.07) is 5.63. The van der Waals surface area contributed by atoms with Crippen LogP contribution in [-0.4, -0.2) is 14.6 Å². The number of hydrogen-bond acceptors (Lipinski definition) is 2. The van der Waals surface area contributed by atoms with Gasteiger partial charge in [0.2, 0.25) is 0 Å². The summed E-state index contributed by atoms with van der Waals surface area (Å²) in [5.41, 5.74) is 2.29. The average molecular weight is 406 g/mol. The molecule has 0 saturated carbocycles. The van der Waals surface area contributed by atoms with Gasteiger partial charge < -0.3 is 9.22 Å². The van der Waals surface area contributed by atoms with Gasteiger partial charge in [0.15, 0.2) is 0 Å². The van der Waals surface area contributed by atoms with E-state index < -0.39 is 8.32 Å². The Morgan fingerprint density at radius 2 is 1.59 bits per heavy atom. The van der Waals surface area contributed by atoms with Crippen molar-refractivity contribution in [3.8, 4) is 5.75 Å². The molecule has 0 aliphatic heterocycles. The number of benzene rings is 1. The Hall–Kier alpha value is -0.323. The Bertz CT molecular complexity index is 496. The molecule has 1 unspecified atom stereocenters. The molecular formula is C17H26BrClO2Si. The van der Waals surface area contributed by atoms with E-state index in [-0.39, 0.29) is 4.83 Å². The molecule has 0 aliphatic carbocycles. The van der Waals surface area contributed by atoms with E-state index in [0.717, 1.165) is 17.6 Å². The Morgan fingerprint density at radius 1 is 1.09 bits per heavy atom. The van der Waals surface area contributed by atoms with E-state index in [2.05, 4.69) is 57.5 Å². The molecule has 1 aromatic rings. The van der Waals surface area contributed by atoms with Crippen molar-refractivity contribution in [2.24, 2.45) is 0 Å². The van der Waals surface area contributed by atoms with Gasteiger partial charge in [0.05, 0.1) is 4.83 Å². The second-order valence-electron chi connectivity index (χ2n) is 6.64. The fraction of sp³-hybridized carbons (Fsp3) is 0.588. The highest BCUT2D eigenvalue weighted by Crippen LogP contribution is 2.43. The highest BCUT2D eigenvalue weighted by Gasteiger charge is 2.47. The quantitative estimate of drug-likeness (QED) is 0.293. The minimum absolute atomic E-state index is 0.378. The second kappa shape index (κ2) is 7.98. The first-order chi connectivity index (χ1) is 10.2. The van der Waals surface area contributed by atoms with Crippen molar-refractivity contribution < 1.29 is 9.22 Å². The summed E-state index contributed by atoms with van der Waals surface area (Å²) in [6.07, 6.45) is 0.830. The normalized spacial score (nSPS) is 13.8. The molecule has 2 nitrogen and oxygen atoms in total. The van der Waals surface area contributed by atoms with E-state index in [1.54, 1.807) is 0 Å². The van der Waals surface area contributed by atoms with Gasteiger partial charge >= 0.3 is 0 Å². The predicted molar refractivity (Wildman–Crippen MR) is 101 cm³/mol. The van der Waals surface area contributed by atoms with E-state index in [9.17, 15) is 4.79 Å². The molecule has 0 bridgehead atoms. The lowest BCUT2D eigenvalue weighted by Gasteiger charge is -2.42. The molecule has 124 valence electrons. The molecule has 0 amide bonds. The summed E-state index contributed by atoms with van der Waals surface area (Å²) >= 11 is 9.62. The highest BCUT2D eigenvalue weighted by molar-refractivity contribution is 9.09. The molecule has 0 N–H and O–H groups in total. The molecular weight excluding hydrogens is 380 g/mol. The number of carbonyl (C=O) groups is 1. The minimum atomic E-state index is -1.98. The highest BCUT2D eigenvalue weighted by atomic mass is 79.9. The number of carbonyl (C=O) groups excluding carboxylic acids is 1. The Kier molecular flexibility index (Phi) is 7.15. The third-order valence-corrected chi connectivity index (χ3v) is 11.4. The minimum Gasteiger partial charge on any atom is -0.543 e. The first kappa shape index (κ1) is 19.7. The van der Waals surface area contributed by atoms with Crippen LogP contribution in [0.15, 0.2) is 18.2 Å². The van der Waals surface area contributed by atoms with Crippen LogP contribution in [-0.2, 0) is 4.79 Å². The smallest absolute Gasteiger partial charge is 0.258 e. The zero-order chi connectivity index (χ0) is 17.1. The molecule has 5 heteroatoms. The zero-order valence-corrected chi connectivity index (χ0v) is 17.5. The van der Waals surface area contributed by atoms with E-state index >= 15 is 0 Å². The first-order valence-corrected chi connectivity index (χ1v) is 11.2. The van der Waals surface area contributed by atoms with E-state index in [1.807, 2.05) is 18.2 Å². The van der Waals surface area contributed by atoms with Gasteiger partial charge in [-0.05, 0) is 34.3 Å². The summed E-state index contributed by atoms with van der Waals surface area (Å²) in [6.45, 7) is 13.5. The van der Waals surface area contributed by atoms with Crippen LogP contribution in [0.5, 0.6) is 5.75 Å². The molecule has 0 saturated heterocycles. The van der Waals surface area contributed by atoms with Crippen molar-refractivity contribution in [2.45, 2.75) is 63.0 Å². The molecule has 0 radical (unpaired) electrons. The van der Waals surface area contributed by atoms with E-state index in [0.29, 0.717) is 21.6 Å². The van der Waals surface area contributed by atoms with Gasteiger partial charge in [-0.2, -0.15) is 0 Å². The van der Waals surface area contributed by atoms with Gasteiger partial charge in [0.1, 0.15) is 12.0 Å². The number of rotatable bonds is 7. The Balaban J connectivity index is 3.20. The molecule has 0 heterocycles. The van der Waals surface area contributed by atoms with Crippen molar-refractivity contribution in [2.75, 3.05) is 0 Å². The van der Waals surface area contributed by atoms with Crippen molar-refractivity contribution in [3.63, 3.8) is 0 Å². The molecule has 0 aliphatic rings. The van der Waals surface area contributed by atoms with Crippen molar-refractivity contribution in [1.29, 1.82) is 0 Å². The van der Waals surface area contributed by atoms with Gasteiger partial charge in [0.25, 0.3) is 8.32 Å². The van der Waals surface area contributed by atoms with Crippen LogP contribution >= 0.6 is 27.5 Å². The van der Waals surface area contributed by atoms with E-state index in [1.165, 1.54) is 0 Å². The molecule has 0 aromatic heterocycles. The first-order valence-electron chi connectivity index (χ1n) is 7.74. The largest absolute Gasteiger partial charge is 0.543 e. The lowest BCUT2D eigenvalue weighted by atomic mass is 10.1. The maximum atomic E-state index is 10.9. The maximum Gasteiger partial charge on any atom is 0.258 e. The van der Waals surface area contributed by atoms with Crippen molar-refractivity contribution in [3.05, 3.63) is 28.8 Å². The zero-order valence-electron chi connectivity index (χ0n) is 14.2. The summed E-state index contributed by atoms with van der Waals surface area (Å²) in [5.74, 6) is 0.808. The van der Waals surface area contributed by atoms with Gasteiger partial charge in [-0.1, -0.05) is 75.1 Å². The summed E-state index contributed by atoms with van der Waals surface area (Å²) in [7, 11) is -1.98. The third-order valence-electron chi connectivity index (χ3n) is 4.39. The molecule has 1 atom stereocenters. The van der Waals surface area contributed by atoms with Crippen LogP contribution in [0.1, 0.15) is 51.9 Å². The fourth-order valence-corrected chi connectivity index (χ4v) is 9.49. The van der Waals surface area contributed by atoms with Crippen LogP contribution in [0.2, 0.25) is 21.6 Å². The van der Waals surface area contributed by atoms with Crippen LogP contribution in [0, 0.1) is 0 Å². The lowest BCUT2D eigenvalue weighted by molar-refractivity contribution is -0.107. The summed E-state index contributed by atoms with van der Waals surface area (Å²) in [5, 5.41) is 0.561. The topological polar surface area (TPSA) is 26.3 Å². The maximum absolute atomic E-state index is 10.9. The Morgan fingerprint density at radius 3 is 1.95 bits per heavy atom. The van der Waals surface area contributed by atoms with E-state index in [4.69, 9.17) is 16.0 Å². The standard InChI is InChI=1S/C17H26BrClO2Si/c1-11(2)22(12(3)4,13(5)6)21-14-7-8-15(16(18)10-20)17(19)9-14/h7-13,16H,1-6H3. The van der Waals surface area contributed by atoms with Gasteiger partial charge in [-0.15, -0.1) is 0 Å². The second-order valence-corrected chi connectivity index (χ2v) is 13.4. The molecule has 1 rings (SSSR count). The van der Waals surface area contributed by atoms with Crippen molar-refractivity contribution >= 4 is 42.1 Å². The van der Waals surface area contributed by atoms with Gasteiger partial charge in [-0.3, -0.25) is 0 Å². The predicted octanol–water partition coefficient (Wildman–Crippen LogP) is 6.53. The molecule has 22 heavy (non-hydrogen) atoms. The summed E-state index contributed by atoms with van der Waals surface area (Å²) in [4.78, 5) is 10.5. The monoisotopic (exact) mass is 404 g/mol. The fourth-order valence-electron chi connectivity index (χ4n) is 3.43. The number of hydrogen-bond donors (Lipinski definition) is 0. The number of halogens is 2. The molecule has 1 aromatic carbocycles. The molecule has 0 fully saturated rings. The SMILES string of the molecule is CC(C)[Si](Oc1ccc(C(Br)C=O)c(Cl)c1)(C(C)C)C(C)C. The number of aldehydes is 1. The van der Waals surface area contributed by atoms with Crippen LogP contribution in [0.4, 0.5) is 0 Å². The van der Waals surface area contributed by atoms with Crippen LogP contribution in [0.3, 0.4) is 0 Å². The van der Waals surface area contributed by atoms with Gasteiger partial charge in [-0.25, -0.2) is 0 Å².